The van der Waals surface area contributed by atoms with Crippen molar-refractivity contribution < 1.29 is 109 Å². The summed E-state index contributed by atoms with van der Waals surface area (Å²) >= 11 is 0. The van der Waals surface area contributed by atoms with Gasteiger partial charge in [-0.25, -0.2) is 0 Å². The third kappa shape index (κ3) is 9.50. The van der Waals surface area contributed by atoms with Gasteiger partial charge < -0.3 is 104 Å². The van der Waals surface area contributed by atoms with Crippen LogP contribution in [0.1, 0.15) is 113 Å². The number of aliphatic hydroxyl groups excluding tert-OH is 13. The molecule has 0 unspecified atom stereocenters. The normalized spacial score (nSPS) is 53.5. The lowest BCUT2D eigenvalue weighted by molar-refractivity contribution is -0.395. The van der Waals surface area contributed by atoms with E-state index in [1.165, 1.54) is 5.57 Å². The fourth-order valence-electron chi connectivity index (χ4n) is 16.2. The number of ether oxygens (including phenoxy) is 8. The first-order chi connectivity index (χ1) is 35.1. The van der Waals surface area contributed by atoms with Gasteiger partial charge in [-0.2, -0.15) is 0 Å². The molecule has 430 valence electrons. The molecule has 9 rings (SSSR count). The van der Waals surface area contributed by atoms with Crippen molar-refractivity contribution >= 4 is 5.97 Å². The largest absolute Gasteiger partial charge is 0.432 e. The van der Waals surface area contributed by atoms with Crippen LogP contribution in [0.25, 0.3) is 0 Å². The molecule has 0 aromatic heterocycles. The van der Waals surface area contributed by atoms with E-state index in [1.54, 1.807) is 0 Å². The summed E-state index contributed by atoms with van der Waals surface area (Å²) in [5.41, 5.74) is -1.13. The predicted molar refractivity (Wildman–Crippen MR) is 257 cm³/mol. The van der Waals surface area contributed by atoms with Crippen LogP contribution in [0, 0.1) is 50.2 Å². The predicted octanol–water partition coefficient (Wildman–Crippen LogP) is -1.40. The summed E-state index contributed by atoms with van der Waals surface area (Å²) in [5, 5.41) is 138. The molecule has 0 aromatic carbocycles. The molecule has 9 aliphatic rings. The summed E-state index contributed by atoms with van der Waals surface area (Å²) in [7, 11) is 0. The van der Waals surface area contributed by atoms with Crippen molar-refractivity contribution in [1.82, 2.24) is 0 Å². The second kappa shape index (κ2) is 21.1. The van der Waals surface area contributed by atoms with E-state index in [-0.39, 0.29) is 39.4 Å². The summed E-state index contributed by atoms with van der Waals surface area (Å²) in [6.45, 7) is 13.3. The molecular weight excluding hydrogens is 989 g/mol. The van der Waals surface area contributed by atoms with Crippen LogP contribution in [0.3, 0.4) is 0 Å². The standard InChI is InChI=1S/C53H86O22/c1-48(2)14-16-53(47(67)75-45-40(66)37(63)34(60)27(20-55)70-45)17-15-51(6)23(24(53)18-48)8-9-30-50(5)12-11-31(49(3,4)29(50)10-13-52(30,51)7)72-46-42(74-43-38(64)32(58)25(57)22-68-43)41(35(61)28(21-56)71-46)73-44-39(65)36(62)33(59)26(19-54)69-44/h8,24-46,54-66H,9-22H2,1-7H3/t24-,25+,26+,27+,28+,29-,30+,31-,32-,33+,34+,35+,36-,37-,38+,39+,40+,41-,42+,43-,44-,45-,46-,50-,51+,52+,53-/m0/s1. The fraction of sp³-hybridized carbons (Fsp3) is 0.943. The average molecular weight is 1080 g/mol. The molecule has 5 aliphatic carbocycles. The Balaban J connectivity index is 0.987. The molecule has 4 heterocycles. The van der Waals surface area contributed by atoms with Gasteiger partial charge in [-0.15, -0.1) is 0 Å². The summed E-state index contributed by atoms with van der Waals surface area (Å²) < 4.78 is 48.8. The van der Waals surface area contributed by atoms with Crippen LogP contribution in [0.5, 0.6) is 0 Å². The van der Waals surface area contributed by atoms with Gasteiger partial charge in [-0.1, -0.05) is 60.1 Å². The van der Waals surface area contributed by atoms with Crippen molar-refractivity contribution in [3.8, 4) is 0 Å². The first-order valence-electron chi connectivity index (χ1n) is 27.2. The Morgan fingerprint density at radius 3 is 1.77 bits per heavy atom. The summed E-state index contributed by atoms with van der Waals surface area (Å²) in [6.07, 6.45) is -22.0. The van der Waals surface area contributed by atoms with Crippen LogP contribution in [0.2, 0.25) is 0 Å². The van der Waals surface area contributed by atoms with E-state index < -0.39 is 166 Å². The van der Waals surface area contributed by atoms with Crippen molar-refractivity contribution in [3.05, 3.63) is 11.6 Å². The van der Waals surface area contributed by atoms with Crippen LogP contribution in [0.4, 0.5) is 0 Å². The minimum atomic E-state index is -1.90. The monoisotopic (exact) mass is 1070 g/mol. The zero-order valence-corrected chi connectivity index (χ0v) is 44.2. The zero-order chi connectivity index (χ0) is 54.7. The molecule has 0 radical (unpaired) electrons. The molecule has 75 heavy (non-hydrogen) atoms. The number of hydrogen-bond donors (Lipinski definition) is 13. The molecule has 4 saturated heterocycles. The minimum absolute atomic E-state index is 0.0775. The van der Waals surface area contributed by atoms with Gasteiger partial charge in [-0.05, 0) is 109 Å². The first kappa shape index (κ1) is 58.1. The number of esters is 1. The molecular formula is C53H86O22. The lowest BCUT2D eigenvalue weighted by Gasteiger charge is -2.71. The van der Waals surface area contributed by atoms with Crippen molar-refractivity contribution in [3.63, 3.8) is 0 Å². The SMILES string of the molecule is CC1(C)CC[C@]2(C(=O)O[C@@H]3O[C@H](CO)[C@@H](O)[C@H](O)[C@H]3O)CC[C@]3(C)C(=CC[C@@H]4[C@@]5(C)CC[C@H](O[C@@H]6O[C@H](CO)[C@@H](O)[C@H](O[C@@H]7O[C@H](CO)[C@@H](O)[C@H](O)[C@H]7O)[C@H]6O[C@@H]6OC[C@@H](O)[C@H](O)[C@H]6O)C(C)(C)[C@@H]5CC[C@]43C)[C@@H]2C1. The van der Waals surface area contributed by atoms with Gasteiger partial charge in [0.25, 0.3) is 0 Å². The molecule has 22 heteroatoms. The molecule has 4 saturated carbocycles. The molecule has 27 atom stereocenters. The molecule has 13 N–H and O–H groups in total. The Labute approximate surface area is 437 Å². The van der Waals surface area contributed by atoms with Crippen LogP contribution in [-0.4, -0.2) is 222 Å². The zero-order valence-electron chi connectivity index (χ0n) is 44.2. The number of rotatable bonds is 11. The van der Waals surface area contributed by atoms with Gasteiger partial charge in [0.1, 0.15) is 91.6 Å². The van der Waals surface area contributed by atoms with Gasteiger partial charge in [0.2, 0.25) is 6.29 Å². The van der Waals surface area contributed by atoms with E-state index in [2.05, 4.69) is 54.5 Å². The number of hydrogen-bond acceptors (Lipinski definition) is 22. The number of carbonyl (C=O) groups is 1. The maximum Gasteiger partial charge on any atom is 0.315 e. The Morgan fingerprint density at radius 2 is 1.13 bits per heavy atom. The maximum atomic E-state index is 14.8. The lowest BCUT2D eigenvalue weighted by Crippen LogP contribution is -2.68. The molecule has 0 amide bonds. The Morgan fingerprint density at radius 1 is 0.573 bits per heavy atom. The molecule has 0 spiro atoms. The highest BCUT2D eigenvalue weighted by atomic mass is 16.8. The third-order valence-electron chi connectivity index (χ3n) is 21.0. The molecule has 8 fully saturated rings. The van der Waals surface area contributed by atoms with E-state index in [4.69, 9.17) is 37.9 Å². The second-order valence-corrected chi connectivity index (χ2v) is 25.8. The van der Waals surface area contributed by atoms with E-state index >= 15 is 0 Å². The van der Waals surface area contributed by atoms with E-state index in [9.17, 15) is 71.2 Å². The van der Waals surface area contributed by atoms with E-state index in [1.807, 2.05) is 0 Å². The van der Waals surface area contributed by atoms with Crippen molar-refractivity contribution in [2.75, 3.05) is 26.4 Å². The van der Waals surface area contributed by atoms with Gasteiger partial charge in [-0.3, -0.25) is 4.79 Å². The van der Waals surface area contributed by atoms with Crippen LogP contribution >= 0.6 is 0 Å². The molecule has 4 aliphatic heterocycles. The van der Waals surface area contributed by atoms with Crippen LogP contribution < -0.4 is 0 Å². The highest BCUT2D eigenvalue weighted by Crippen LogP contribution is 2.76. The smallest absolute Gasteiger partial charge is 0.315 e. The molecule has 0 bridgehead atoms. The van der Waals surface area contributed by atoms with Gasteiger partial charge >= 0.3 is 5.97 Å². The van der Waals surface area contributed by atoms with Crippen LogP contribution in [-0.2, 0) is 42.7 Å². The fourth-order valence-corrected chi connectivity index (χ4v) is 16.2. The Kier molecular flexibility index (Phi) is 16.3. The van der Waals surface area contributed by atoms with E-state index in [0.717, 1.165) is 38.5 Å². The van der Waals surface area contributed by atoms with Crippen LogP contribution in [0.15, 0.2) is 11.6 Å². The summed E-state index contributed by atoms with van der Waals surface area (Å²) in [6, 6.07) is 0. The summed E-state index contributed by atoms with van der Waals surface area (Å²) in [4.78, 5) is 14.8. The Hall–Kier alpha value is -1.59. The minimum Gasteiger partial charge on any atom is -0.432 e. The van der Waals surface area contributed by atoms with Gasteiger partial charge in [0.05, 0.1) is 37.9 Å². The average Bonchev–Trinajstić information content (AvgIpc) is 3.38. The quantitative estimate of drug-likeness (QED) is 0.0643. The van der Waals surface area contributed by atoms with Gasteiger partial charge in [0, 0.05) is 0 Å². The maximum absolute atomic E-state index is 14.8. The third-order valence-corrected chi connectivity index (χ3v) is 21.0. The highest BCUT2D eigenvalue weighted by Gasteiger charge is 2.70. The number of aliphatic hydroxyl groups is 13. The Bertz CT molecular complexity index is 2060. The van der Waals surface area contributed by atoms with Crippen molar-refractivity contribution in [2.45, 2.75) is 235 Å². The molecule has 22 nitrogen and oxygen atoms in total. The lowest BCUT2D eigenvalue weighted by atomic mass is 9.33. The number of fused-ring (bicyclic) bond motifs is 7. The van der Waals surface area contributed by atoms with Gasteiger partial charge in [0.15, 0.2) is 18.9 Å². The van der Waals surface area contributed by atoms with E-state index in [0.29, 0.717) is 25.7 Å². The summed E-state index contributed by atoms with van der Waals surface area (Å²) in [5.74, 6) is -0.427. The van der Waals surface area contributed by atoms with Crippen molar-refractivity contribution in [1.29, 1.82) is 0 Å². The first-order valence-corrected chi connectivity index (χ1v) is 27.2. The number of carbonyl (C=O) groups excluding carboxylic acids is 1. The topological polar surface area (TPSA) is 354 Å². The second-order valence-electron chi connectivity index (χ2n) is 25.8. The number of allylic oxidation sites excluding steroid dienone is 2. The highest BCUT2D eigenvalue weighted by molar-refractivity contribution is 5.79. The molecule has 0 aromatic rings. The van der Waals surface area contributed by atoms with Crippen molar-refractivity contribution in [2.24, 2.45) is 50.2 Å².